The molecule has 1 N–H and O–H groups in total. The number of amides is 1. The number of rotatable bonds is 5. The van der Waals surface area contributed by atoms with E-state index in [2.05, 4.69) is 15.3 Å². The van der Waals surface area contributed by atoms with Crippen LogP contribution in [-0.2, 0) is 4.79 Å². The Hall–Kier alpha value is -1.92. The molecule has 1 amide bonds. The van der Waals surface area contributed by atoms with Gasteiger partial charge >= 0.3 is 0 Å². The summed E-state index contributed by atoms with van der Waals surface area (Å²) in [5.41, 5.74) is 0. The number of nitrogens with zero attached hydrogens (tertiary/aromatic N) is 2. The van der Waals surface area contributed by atoms with Gasteiger partial charge in [-0.2, -0.15) is 0 Å². The van der Waals surface area contributed by atoms with Gasteiger partial charge in [0, 0.05) is 17.1 Å². The minimum Gasteiger partial charge on any atom is -0.310 e. The lowest BCUT2D eigenvalue weighted by molar-refractivity contribution is -0.115. The third-order valence-electron chi connectivity index (χ3n) is 2.86. The highest BCUT2D eigenvalue weighted by atomic mass is 32.2. The molecule has 4 nitrogen and oxygen atoms in total. The van der Waals surface area contributed by atoms with Crippen LogP contribution in [0.4, 0.5) is 5.82 Å². The van der Waals surface area contributed by atoms with E-state index in [1.807, 2.05) is 41.8 Å². The van der Waals surface area contributed by atoms with Crippen LogP contribution < -0.4 is 5.32 Å². The number of thioether (sulfide) groups is 1. The molecule has 3 rings (SSSR count). The number of anilines is 1. The molecule has 106 valence electrons. The fourth-order valence-corrected chi connectivity index (χ4v) is 3.47. The van der Waals surface area contributed by atoms with Gasteiger partial charge in [0.15, 0.2) is 0 Å². The second-order valence-corrected chi connectivity index (χ2v) is 6.38. The highest BCUT2D eigenvalue weighted by Gasteiger charge is 2.08. The van der Waals surface area contributed by atoms with Gasteiger partial charge < -0.3 is 5.32 Å². The first kappa shape index (κ1) is 14.0. The van der Waals surface area contributed by atoms with Crippen molar-refractivity contribution in [2.75, 3.05) is 11.1 Å². The molecule has 0 bridgehead atoms. The molecule has 0 saturated carbocycles. The number of fused-ring (bicyclic) bond motifs is 1. The van der Waals surface area contributed by atoms with Crippen LogP contribution in [0.3, 0.4) is 0 Å². The van der Waals surface area contributed by atoms with E-state index in [1.54, 1.807) is 11.8 Å². The topological polar surface area (TPSA) is 54.9 Å². The molecule has 0 fully saturated rings. The molecule has 1 aromatic carbocycles. The van der Waals surface area contributed by atoms with Crippen LogP contribution in [0.2, 0.25) is 0 Å². The Morgan fingerprint density at radius 1 is 1.19 bits per heavy atom. The largest absolute Gasteiger partial charge is 0.310 e. The van der Waals surface area contributed by atoms with Crippen molar-refractivity contribution in [2.45, 2.75) is 11.3 Å². The molecule has 0 radical (unpaired) electrons. The number of nitrogens with one attached hydrogen (secondary N) is 1. The molecule has 6 heteroatoms. The highest BCUT2D eigenvalue weighted by molar-refractivity contribution is 7.99. The van der Waals surface area contributed by atoms with Crippen LogP contribution >= 0.6 is 23.1 Å². The van der Waals surface area contributed by atoms with E-state index in [1.165, 1.54) is 22.6 Å². The molecular weight excluding hydrogens is 302 g/mol. The Morgan fingerprint density at radius 3 is 2.90 bits per heavy atom. The molecule has 0 saturated heterocycles. The first-order valence-electron chi connectivity index (χ1n) is 6.49. The molecule has 2 aromatic heterocycles. The Balaban J connectivity index is 1.56. The Morgan fingerprint density at radius 2 is 2.05 bits per heavy atom. The van der Waals surface area contributed by atoms with Crippen LogP contribution in [0.5, 0.6) is 0 Å². The summed E-state index contributed by atoms with van der Waals surface area (Å²) in [4.78, 5) is 22.4. The molecule has 2 heterocycles. The molecule has 0 aliphatic carbocycles. The van der Waals surface area contributed by atoms with Gasteiger partial charge in [0.1, 0.15) is 17.0 Å². The minimum atomic E-state index is -0.0235. The zero-order chi connectivity index (χ0) is 14.5. The number of hydrogen-bond acceptors (Lipinski definition) is 5. The predicted octanol–water partition coefficient (Wildman–Crippen LogP) is 3.81. The lowest BCUT2D eigenvalue weighted by atomic mass is 10.3. The summed E-state index contributed by atoms with van der Waals surface area (Å²) in [6, 6.07) is 12.0. The van der Waals surface area contributed by atoms with E-state index in [0.29, 0.717) is 12.2 Å². The second-order valence-electron chi connectivity index (χ2n) is 4.32. The van der Waals surface area contributed by atoms with Crippen molar-refractivity contribution < 1.29 is 4.79 Å². The van der Waals surface area contributed by atoms with Gasteiger partial charge in [0.05, 0.1) is 5.39 Å². The first-order chi connectivity index (χ1) is 10.3. The average Bonchev–Trinajstić information content (AvgIpc) is 2.98. The van der Waals surface area contributed by atoms with E-state index in [-0.39, 0.29) is 5.91 Å². The second kappa shape index (κ2) is 6.69. The van der Waals surface area contributed by atoms with Gasteiger partial charge in [-0.05, 0) is 23.6 Å². The number of aromatic nitrogens is 2. The normalized spacial score (nSPS) is 10.7. The first-order valence-corrected chi connectivity index (χ1v) is 8.35. The molecule has 0 aliphatic heterocycles. The van der Waals surface area contributed by atoms with E-state index in [0.717, 1.165) is 16.0 Å². The highest BCUT2D eigenvalue weighted by Crippen LogP contribution is 2.24. The Kier molecular flexibility index (Phi) is 4.47. The summed E-state index contributed by atoms with van der Waals surface area (Å²) < 4.78 is 0. The maximum Gasteiger partial charge on any atom is 0.226 e. The molecular formula is C15H13N3OS2. The summed E-state index contributed by atoms with van der Waals surface area (Å²) in [6.45, 7) is 0. The predicted molar refractivity (Wildman–Crippen MR) is 87.8 cm³/mol. The lowest BCUT2D eigenvalue weighted by Crippen LogP contribution is -2.13. The Bertz CT molecular complexity index is 743. The number of thiophene rings is 1. The summed E-state index contributed by atoms with van der Waals surface area (Å²) >= 11 is 3.21. The summed E-state index contributed by atoms with van der Waals surface area (Å²) in [5, 5.41) is 5.70. The minimum absolute atomic E-state index is 0.0235. The molecule has 0 aliphatic rings. The van der Waals surface area contributed by atoms with E-state index in [9.17, 15) is 4.79 Å². The number of carbonyl (C=O) groups excluding carboxylic acids is 1. The third-order valence-corrected chi connectivity index (χ3v) is 4.70. The van der Waals surface area contributed by atoms with Crippen molar-refractivity contribution in [1.29, 1.82) is 0 Å². The Labute approximate surface area is 130 Å². The summed E-state index contributed by atoms with van der Waals surface area (Å²) in [5.74, 6) is 1.31. The SMILES string of the molecule is O=C(CCSc1ccccc1)Nc1ncnc2sccc12. The maximum absolute atomic E-state index is 12.0. The standard InChI is InChI=1S/C15H13N3OS2/c19-13(7-9-20-11-4-2-1-3-5-11)18-14-12-6-8-21-15(12)17-10-16-14/h1-6,8,10H,7,9H2,(H,16,17,18,19). The van der Waals surface area contributed by atoms with Gasteiger partial charge in [-0.25, -0.2) is 9.97 Å². The van der Waals surface area contributed by atoms with Crippen LogP contribution in [0.15, 0.2) is 53.0 Å². The fourth-order valence-electron chi connectivity index (χ4n) is 1.86. The van der Waals surface area contributed by atoms with Crippen LogP contribution in [0.1, 0.15) is 6.42 Å². The van der Waals surface area contributed by atoms with Gasteiger partial charge in [0.25, 0.3) is 0 Å². The van der Waals surface area contributed by atoms with Crippen molar-refractivity contribution in [3.05, 3.63) is 48.1 Å². The van der Waals surface area contributed by atoms with Crippen LogP contribution in [0.25, 0.3) is 10.2 Å². The van der Waals surface area contributed by atoms with Gasteiger partial charge in [-0.3, -0.25) is 4.79 Å². The fraction of sp³-hybridized carbons (Fsp3) is 0.133. The maximum atomic E-state index is 12.0. The summed E-state index contributed by atoms with van der Waals surface area (Å²) in [7, 11) is 0. The molecule has 0 spiro atoms. The molecule has 3 aromatic rings. The molecule has 21 heavy (non-hydrogen) atoms. The molecule has 0 unspecified atom stereocenters. The average molecular weight is 315 g/mol. The van der Waals surface area contributed by atoms with E-state index >= 15 is 0 Å². The van der Waals surface area contributed by atoms with Crippen molar-refractivity contribution in [1.82, 2.24) is 9.97 Å². The molecule has 0 atom stereocenters. The number of benzene rings is 1. The zero-order valence-electron chi connectivity index (χ0n) is 11.2. The third kappa shape index (κ3) is 3.59. The summed E-state index contributed by atoms with van der Waals surface area (Å²) in [6.07, 6.45) is 1.93. The lowest BCUT2D eigenvalue weighted by Gasteiger charge is -2.05. The van der Waals surface area contributed by atoms with Crippen molar-refractivity contribution in [2.24, 2.45) is 0 Å². The van der Waals surface area contributed by atoms with Crippen LogP contribution in [-0.4, -0.2) is 21.6 Å². The van der Waals surface area contributed by atoms with Gasteiger partial charge in [-0.1, -0.05) is 18.2 Å². The van der Waals surface area contributed by atoms with Gasteiger partial charge in [0.2, 0.25) is 5.91 Å². The van der Waals surface area contributed by atoms with Crippen molar-refractivity contribution in [3.63, 3.8) is 0 Å². The smallest absolute Gasteiger partial charge is 0.226 e. The van der Waals surface area contributed by atoms with Crippen molar-refractivity contribution in [3.8, 4) is 0 Å². The van der Waals surface area contributed by atoms with Crippen LogP contribution in [0, 0.1) is 0 Å². The number of hydrogen-bond donors (Lipinski definition) is 1. The van der Waals surface area contributed by atoms with Crippen molar-refractivity contribution >= 4 is 45.0 Å². The van der Waals surface area contributed by atoms with E-state index < -0.39 is 0 Å². The van der Waals surface area contributed by atoms with E-state index in [4.69, 9.17) is 0 Å². The monoisotopic (exact) mass is 315 g/mol. The number of carbonyl (C=O) groups is 1. The quantitative estimate of drug-likeness (QED) is 0.727. The zero-order valence-corrected chi connectivity index (χ0v) is 12.8. The van der Waals surface area contributed by atoms with Gasteiger partial charge in [-0.15, -0.1) is 23.1 Å².